The second-order valence-corrected chi connectivity index (χ2v) is 5.43. The Morgan fingerprint density at radius 1 is 1.05 bits per heavy atom. The van der Waals surface area contributed by atoms with Gasteiger partial charge >= 0.3 is 0 Å². The van der Waals surface area contributed by atoms with Gasteiger partial charge in [0.15, 0.2) is 0 Å². The summed E-state index contributed by atoms with van der Waals surface area (Å²) >= 11 is 0. The van der Waals surface area contributed by atoms with Crippen molar-refractivity contribution in [3.63, 3.8) is 0 Å². The first-order chi connectivity index (χ1) is 10.3. The van der Waals surface area contributed by atoms with Gasteiger partial charge in [-0.1, -0.05) is 54.6 Å². The van der Waals surface area contributed by atoms with Gasteiger partial charge in [0.05, 0.1) is 6.04 Å². The molecule has 3 rings (SSSR count). The van der Waals surface area contributed by atoms with E-state index in [1.807, 2.05) is 30.3 Å². The minimum atomic E-state index is -0.115. The Bertz CT molecular complexity index is 610. The van der Waals surface area contributed by atoms with Crippen LogP contribution in [0.3, 0.4) is 0 Å². The van der Waals surface area contributed by atoms with E-state index in [0.29, 0.717) is 6.54 Å². The van der Waals surface area contributed by atoms with Crippen LogP contribution in [-0.2, 0) is 24.2 Å². The average Bonchev–Trinajstić information content (AvgIpc) is 2.55. The second kappa shape index (κ2) is 6.55. The van der Waals surface area contributed by atoms with Crippen LogP contribution in [0.4, 0.5) is 0 Å². The number of carbonyl (C=O) groups excluding carboxylic acids is 1. The first kappa shape index (κ1) is 13.8. The molecule has 108 valence electrons. The number of hydrogen-bond donors (Lipinski definition) is 2. The highest BCUT2D eigenvalue weighted by molar-refractivity contribution is 5.82. The molecule has 0 fully saturated rings. The molecule has 1 atom stereocenters. The molecule has 0 aromatic heterocycles. The lowest BCUT2D eigenvalue weighted by molar-refractivity contribution is -0.123. The van der Waals surface area contributed by atoms with E-state index in [2.05, 4.69) is 34.9 Å². The highest BCUT2D eigenvalue weighted by atomic mass is 16.2. The van der Waals surface area contributed by atoms with Gasteiger partial charge in [-0.05, 0) is 29.5 Å². The Labute approximate surface area is 125 Å². The van der Waals surface area contributed by atoms with Crippen molar-refractivity contribution in [2.45, 2.75) is 25.4 Å². The fraction of sp³-hybridized carbons (Fsp3) is 0.278. The standard InChI is InChI=1S/C18H20N2O/c21-18(19-11-10-14-6-2-1-3-7-14)17-12-15-8-4-5-9-16(15)13-20-17/h1-9,17,20H,10-13H2,(H,19,21)/t17-/m0/s1. The molecule has 0 saturated heterocycles. The van der Waals surface area contributed by atoms with E-state index in [1.165, 1.54) is 16.7 Å². The normalized spacial score (nSPS) is 17.0. The van der Waals surface area contributed by atoms with Crippen LogP contribution in [0.1, 0.15) is 16.7 Å². The number of carbonyl (C=O) groups is 1. The number of nitrogens with one attached hydrogen (secondary N) is 2. The van der Waals surface area contributed by atoms with Crippen LogP contribution >= 0.6 is 0 Å². The summed E-state index contributed by atoms with van der Waals surface area (Å²) in [6, 6.07) is 18.4. The summed E-state index contributed by atoms with van der Waals surface area (Å²) in [7, 11) is 0. The molecular formula is C18H20N2O. The zero-order valence-electron chi connectivity index (χ0n) is 12.0. The van der Waals surface area contributed by atoms with Gasteiger partial charge in [0.25, 0.3) is 0 Å². The Morgan fingerprint density at radius 2 is 1.76 bits per heavy atom. The second-order valence-electron chi connectivity index (χ2n) is 5.43. The van der Waals surface area contributed by atoms with Crippen molar-refractivity contribution in [2.24, 2.45) is 0 Å². The van der Waals surface area contributed by atoms with Crippen molar-refractivity contribution in [1.29, 1.82) is 0 Å². The van der Waals surface area contributed by atoms with Gasteiger partial charge < -0.3 is 10.6 Å². The molecule has 0 bridgehead atoms. The van der Waals surface area contributed by atoms with Crippen molar-refractivity contribution >= 4 is 5.91 Å². The van der Waals surface area contributed by atoms with Crippen LogP contribution in [0.2, 0.25) is 0 Å². The molecule has 0 saturated carbocycles. The van der Waals surface area contributed by atoms with Gasteiger partial charge in [-0.2, -0.15) is 0 Å². The largest absolute Gasteiger partial charge is 0.354 e. The molecular weight excluding hydrogens is 260 g/mol. The lowest BCUT2D eigenvalue weighted by Crippen LogP contribution is -2.48. The molecule has 3 nitrogen and oxygen atoms in total. The summed E-state index contributed by atoms with van der Waals surface area (Å²) in [4.78, 5) is 12.2. The summed E-state index contributed by atoms with van der Waals surface area (Å²) < 4.78 is 0. The van der Waals surface area contributed by atoms with E-state index in [1.54, 1.807) is 0 Å². The zero-order chi connectivity index (χ0) is 14.5. The van der Waals surface area contributed by atoms with Gasteiger partial charge in [0.2, 0.25) is 5.91 Å². The SMILES string of the molecule is O=C(NCCc1ccccc1)[C@@H]1Cc2ccccc2CN1. The Balaban J connectivity index is 1.50. The summed E-state index contributed by atoms with van der Waals surface area (Å²) in [6.45, 7) is 1.45. The average molecular weight is 280 g/mol. The Kier molecular flexibility index (Phi) is 4.31. The fourth-order valence-corrected chi connectivity index (χ4v) is 2.74. The maximum atomic E-state index is 12.2. The van der Waals surface area contributed by atoms with Crippen LogP contribution in [0.15, 0.2) is 54.6 Å². The Hall–Kier alpha value is -2.13. The molecule has 0 spiro atoms. The molecule has 0 unspecified atom stereocenters. The fourth-order valence-electron chi connectivity index (χ4n) is 2.74. The van der Waals surface area contributed by atoms with Gasteiger partial charge in [-0.25, -0.2) is 0 Å². The topological polar surface area (TPSA) is 41.1 Å². The third-order valence-corrected chi connectivity index (χ3v) is 3.95. The van der Waals surface area contributed by atoms with Crippen LogP contribution < -0.4 is 10.6 Å². The number of benzene rings is 2. The van der Waals surface area contributed by atoms with Crippen molar-refractivity contribution in [2.75, 3.05) is 6.54 Å². The third-order valence-electron chi connectivity index (χ3n) is 3.95. The maximum Gasteiger partial charge on any atom is 0.237 e. The van der Waals surface area contributed by atoms with Gasteiger partial charge in [-0.3, -0.25) is 4.79 Å². The van der Waals surface area contributed by atoms with Crippen LogP contribution in [-0.4, -0.2) is 18.5 Å². The Morgan fingerprint density at radius 3 is 2.57 bits per heavy atom. The van der Waals surface area contributed by atoms with E-state index in [4.69, 9.17) is 0 Å². The number of amides is 1. The van der Waals surface area contributed by atoms with Crippen molar-refractivity contribution in [3.8, 4) is 0 Å². The van der Waals surface area contributed by atoms with E-state index < -0.39 is 0 Å². The molecule has 3 heteroatoms. The highest BCUT2D eigenvalue weighted by Gasteiger charge is 2.23. The quantitative estimate of drug-likeness (QED) is 0.900. The zero-order valence-corrected chi connectivity index (χ0v) is 12.0. The number of fused-ring (bicyclic) bond motifs is 1. The molecule has 1 amide bonds. The molecule has 0 aliphatic carbocycles. The van der Waals surface area contributed by atoms with Crippen molar-refractivity contribution < 1.29 is 4.79 Å². The van der Waals surface area contributed by atoms with Crippen molar-refractivity contribution in [3.05, 3.63) is 71.3 Å². The molecule has 21 heavy (non-hydrogen) atoms. The molecule has 1 aliphatic heterocycles. The van der Waals surface area contributed by atoms with Gasteiger partial charge in [0.1, 0.15) is 0 Å². The number of rotatable bonds is 4. The summed E-state index contributed by atoms with van der Waals surface area (Å²) in [5.41, 5.74) is 3.82. The van der Waals surface area contributed by atoms with Crippen molar-refractivity contribution in [1.82, 2.24) is 10.6 Å². The predicted molar refractivity (Wildman–Crippen MR) is 83.9 cm³/mol. The third kappa shape index (κ3) is 3.50. The maximum absolute atomic E-state index is 12.2. The van der Waals surface area contributed by atoms with Gasteiger partial charge in [-0.15, -0.1) is 0 Å². The molecule has 2 aromatic rings. The lowest BCUT2D eigenvalue weighted by atomic mass is 9.95. The van der Waals surface area contributed by atoms with E-state index in [0.717, 1.165) is 19.4 Å². The van der Waals surface area contributed by atoms with E-state index >= 15 is 0 Å². The summed E-state index contributed by atoms with van der Waals surface area (Å²) in [5.74, 6) is 0.0976. The highest BCUT2D eigenvalue weighted by Crippen LogP contribution is 2.16. The predicted octanol–water partition coefficient (Wildman–Crippen LogP) is 2.06. The van der Waals surface area contributed by atoms with E-state index in [-0.39, 0.29) is 11.9 Å². The van der Waals surface area contributed by atoms with Crippen LogP contribution in [0.25, 0.3) is 0 Å². The summed E-state index contributed by atoms with van der Waals surface area (Å²) in [5, 5.41) is 6.34. The minimum absolute atomic E-state index is 0.0976. The minimum Gasteiger partial charge on any atom is -0.354 e. The van der Waals surface area contributed by atoms with Gasteiger partial charge in [0, 0.05) is 13.1 Å². The first-order valence-electron chi connectivity index (χ1n) is 7.45. The van der Waals surface area contributed by atoms with Crippen LogP contribution in [0, 0.1) is 0 Å². The molecule has 2 N–H and O–H groups in total. The molecule has 0 radical (unpaired) electrons. The number of hydrogen-bond acceptors (Lipinski definition) is 2. The molecule has 1 aliphatic rings. The lowest BCUT2D eigenvalue weighted by Gasteiger charge is -2.25. The van der Waals surface area contributed by atoms with Crippen LogP contribution in [0.5, 0.6) is 0 Å². The smallest absolute Gasteiger partial charge is 0.237 e. The molecule has 1 heterocycles. The monoisotopic (exact) mass is 280 g/mol. The molecule has 2 aromatic carbocycles. The van der Waals surface area contributed by atoms with E-state index in [9.17, 15) is 4.79 Å². The first-order valence-corrected chi connectivity index (χ1v) is 7.45. The summed E-state index contributed by atoms with van der Waals surface area (Å²) in [6.07, 6.45) is 1.64.